The fourth-order valence-electron chi connectivity index (χ4n) is 5.09. The number of aliphatic carboxylic acids is 1. The number of nitrogens with one attached hydrogen (secondary N) is 4. The molecule has 0 radical (unpaired) electrons. The van der Waals surface area contributed by atoms with E-state index in [2.05, 4.69) is 20.6 Å². The Bertz CT molecular complexity index is 1630. The molecule has 2 aromatic rings. The number of sulfone groups is 1. The summed E-state index contributed by atoms with van der Waals surface area (Å²) in [5.41, 5.74) is 6.75. The fraction of sp³-hybridized carbons (Fsp3) is 0.500. The van der Waals surface area contributed by atoms with Crippen molar-refractivity contribution in [3.8, 4) is 0 Å². The van der Waals surface area contributed by atoms with Gasteiger partial charge in [-0.3, -0.25) is 29.4 Å². The first-order valence-corrected chi connectivity index (χ1v) is 18.7. The van der Waals surface area contributed by atoms with E-state index in [9.17, 15) is 37.5 Å². The zero-order valence-corrected chi connectivity index (χ0v) is 30.5. The van der Waals surface area contributed by atoms with Gasteiger partial charge in [-0.25, -0.2) is 13.4 Å². The van der Waals surface area contributed by atoms with Crippen molar-refractivity contribution in [2.45, 2.75) is 83.9 Å². The van der Waals surface area contributed by atoms with Crippen LogP contribution >= 0.6 is 11.6 Å². The second-order valence-corrected chi connectivity index (χ2v) is 15.3. The van der Waals surface area contributed by atoms with Crippen molar-refractivity contribution < 1.29 is 42.2 Å². The predicted octanol–water partition coefficient (Wildman–Crippen LogP) is 3.00. The average Bonchev–Trinajstić information content (AvgIpc) is 3.56. The first kappa shape index (κ1) is 42.6. The number of aromatic amines is 1. The van der Waals surface area contributed by atoms with Gasteiger partial charge >= 0.3 is 11.9 Å². The number of benzene rings is 1. The highest BCUT2D eigenvalue weighted by Crippen LogP contribution is 2.21. The van der Waals surface area contributed by atoms with Crippen LogP contribution in [0.3, 0.4) is 0 Å². The van der Waals surface area contributed by atoms with E-state index in [1.54, 1.807) is 26.0 Å². The number of rotatable bonds is 23. The second-order valence-electron chi connectivity index (χ2n) is 12.6. The maximum atomic E-state index is 13.9. The van der Waals surface area contributed by atoms with Gasteiger partial charge in [0.05, 0.1) is 48.9 Å². The molecule has 51 heavy (non-hydrogen) atoms. The predicted molar refractivity (Wildman–Crippen MR) is 190 cm³/mol. The molecule has 0 saturated heterocycles. The summed E-state index contributed by atoms with van der Waals surface area (Å²) in [5, 5.41) is 22.2. The third kappa shape index (κ3) is 16.3. The molecule has 0 spiro atoms. The third-order valence-electron chi connectivity index (χ3n) is 7.91. The van der Waals surface area contributed by atoms with Crippen LogP contribution in [0.25, 0.3) is 0 Å². The number of carbonyl (C=O) groups excluding carboxylic acids is 4. The van der Waals surface area contributed by atoms with Crippen molar-refractivity contribution in [2.24, 2.45) is 23.5 Å². The molecule has 0 aliphatic carbocycles. The normalized spacial score (nSPS) is 14.2. The van der Waals surface area contributed by atoms with E-state index in [-0.39, 0.29) is 44.0 Å². The molecule has 1 aromatic heterocycles. The van der Waals surface area contributed by atoms with Gasteiger partial charge in [0.25, 0.3) is 0 Å². The van der Waals surface area contributed by atoms with Gasteiger partial charge in [-0.15, -0.1) is 0 Å². The van der Waals surface area contributed by atoms with Gasteiger partial charge in [-0.1, -0.05) is 62.2 Å². The number of H-pyrrole nitrogens is 1. The number of carboxylic acid groups (broad SMARTS) is 1. The smallest absolute Gasteiger partial charge is 0.306 e. The quantitative estimate of drug-likeness (QED) is 0.0417. The van der Waals surface area contributed by atoms with E-state index in [1.807, 2.05) is 18.2 Å². The fourth-order valence-corrected chi connectivity index (χ4v) is 5.65. The van der Waals surface area contributed by atoms with Crippen LogP contribution in [-0.2, 0) is 51.6 Å². The summed E-state index contributed by atoms with van der Waals surface area (Å²) < 4.78 is 28.5. The van der Waals surface area contributed by atoms with E-state index < -0.39 is 80.5 Å². The third-order valence-corrected chi connectivity index (χ3v) is 9.72. The molecule has 280 valence electrons. The number of nitrogens with zero attached hydrogens (tertiary/aromatic N) is 1. The van der Waals surface area contributed by atoms with Crippen LogP contribution in [-0.4, -0.2) is 77.2 Å². The Morgan fingerprint density at radius 3 is 2.31 bits per heavy atom. The van der Waals surface area contributed by atoms with E-state index in [0.29, 0.717) is 18.5 Å². The summed E-state index contributed by atoms with van der Waals surface area (Å²) in [6.07, 6.45) is 4.47. The highest BCUT2D eigenvalue weighted by molar-refractivity contribution is 7.96. The second kappa shape index (κ2) is 20.9. The van der Waals surface area contributed by atoms with E-state index >= 15 is 0 Å². The highest BCUT2D eigenvalue weighted by atomic mass is 35.5. The number of halogens is 1. The number of aromatic nitrogens is 2. The summed E-state index contributed by atoms with van der Waals surface area (Å²) in [7, 11) is -3.90. The van der Waals surface area contributed by atoms with Crippen molar-refractivity contribution in [1.82, 2.24) is 20.6 Å². The van der Waals surface area contributed by atoms with Gasteiger partial charge in [0, 0.05) is 37.4 Å². The number of ether oxygens (including phenoxy) is 1. The van der Waals surface area contributed by atoms with Crippen molar-refractivity contribution in [3.05, 3.63) is 64.6 Å². The van der Waals surface area contributed by atoms with Crippen LogP contribution in [0.5, 0.6) is 0 Å². The Kier molecular flexibility index (Phi) is 17.5. The molecule has 4 atom stereocenters. The first-order valence-electron chi connectivity index (χ1n) is 16.4. The van der Waals surface area contributed by atoms with Crippen LogP contribution in [0.15, 0.2) is 53.3 Å². The van der Waals surface area contributed by atoms with Gasteiger partial charge in [-0.05, 0) is 30.4 Å². The van der Waals surface area contributed by atoms with E-state index in [0.717, 1.165) is 17.9 Å². The summed E-state index contributed by atoms with van der Waals surface area (Å²) in [4.78, 5) is 72.2. The number of nitrogens with two attached hydrogens (primary N) is 1. The summed E-state index contributed by atoms with van der Waals surface area (Å²) in [5.74, 6) is -6.04. The van der Waals surface area contributed by atoms with Crippen LogP contribution < -0.4 is 16.4 Å². The number of imidazole rings is 1. The van der Waals surface area contributed by atoms with Crippen molar-refractivity contribution in [2.75, 3.05) is 6.26 Å². The van der Waals surface area contributed by atoms with Gasteiger partial charge in [-0.2, -0.15) is 0 Å². The molecule has 1 aromatic carbocycles. The number of hydrogen-bond donors (Lipinski definition) is 6. The SMILES string of the molecule is CC(C)[C@H](CC(=O)OCc1ccccc1)C(=O)N[C@@H](CCCCC(=N)N)C(=O)C[C@@H](Cc1cnc[nH]1)C(=O)N[C@H](/C=C(\Cl)S(C)(=O)=O)CC(=O)O. The monoisotopic (exact) mass is 750 g/mol. The molecule has 2 amide bonds. The van der Waals surface area contributed by atoms with E-state index in [1.165, 1.54) is 12.5 Å². The van der Waals surface area contributed by atoms with Gasteiger partial charge in [0.15, 0.2) is 15.6 Å². The van der Waals surface area contributed by atoms with Crippen molar-refractivity contribution in [1.29, 1.82) is 5.41 Å². The molecule has 15 nitrogen and oxygen atoms in total. The number of amides is 2. The lowest BCUT2D eigenvalue weighted by atomic mass is 9.89. The Morgan fingerprint density at radius 2 is 1.75 bits per heavy atom. The molecular formula is C34H47ClN6O9S. The molecule has 17 heteroatoms. The van der Waals surface area contributed by atoms with Crippen LogP contribution in [0.2, 0.25) is 0 Å². The molecule has 2 rings (SSSR count). The molecular weight excluding hydrogens is 704 g/mol. The lowest BCUT2D eigenvalue weighted by molar-refractivity contribution is -0.149. The Labute approximate surface area is 302 Å². The number of esters is 1. The summed E-state index contributed by atoms with van der Waals surface area (Å²) in [6, 6.07) is 6.64. The van der Waals surface area contributed by atoms with Crippen LogP contribution in [0, 0.1) is 23.2 Å². The standard InChI is InChI=1S/C34H47ClN6O9S/c1-21(2)26(17-32(45)50-19-22-9-5-4-6-10-22)34(47)41-27(11-7-8-12-30(36)37)28(42)14-23(13-25-18-38-20-39-25)33(46)40-24(16-31(43)44)15-29(35)51(3,48)49/h4-6,9-10,15,18,20-21,23-24,26-27H,7-8,11-14,16-17,19H2,1-3H3,(H3,36,37)(H,38,39)(H,40,46)(H,41,47)(H,43,44)/b29-15+/t23-,24-,26+,27+/m1/s1. The maximum absolute atomic E-state index is 13.9. The van der Waals surface area contributed by atoms with Crippen LogP contribution in [0.1, 0.15) is 70.1 Å². The molecule has 1 heterocycles. The molecule has 0 aliphatic rings. The zero-order chi connectivity index (χ0) is 38.1. The number of hydrogen-bond acceptors (Lipinski definition) is 10. The number of carbonyl (C=O) groups is 5. The minimum Gasteiger partial charge on any atom is -0.481 e. The Hall–Kier alpha value is -4.57. The first-order chi connectivity index (χ1) is 24.0. The van der Waals surface area contributed by atoms with Gasteiger partial charge in [0.1, 0.15) is 11.0 Å². The minimum absolute atomic E-state index is 0.0340. The van der Waals surface area contributed by atoms with Crippen molar-refractivity contribution in [3.63, 3.8) is 0 Å². The van der Waals surface area contributed by atoms with Gasteiger partial charge < -0.3 is 31.2 Å². The highest BCUT2D eigenvalue weighted by Gasteiger charge is 2.33. The summed E-state index contributed by atoms with van der Waals surface area (Å²) >= 11 is 5.86. The number of amidine groups is 1. The lowest BCUT2D eigenvalue weighted by Crippen LogP contribution is -2.47. The molecule has 0 aliphatic heterocycles. The zero-order valence-electron chi connectivity index (χ0n) is 28.9. The lowest BCUT2D eigenvalue weighted by Gasteiger charge is -2.25. The average molecular weight is 751 g/mol. The number of ketones is 1. The largest absolute Gasteiger partial charge is 0.481 e. The van der Waals surface area contributed by atoms with Gasteiger partial charge in [0.2, 0.25) is 11.8 Å². The Morgan fingerprint density at radius 1 is 1.06 bits per heavy atom. The maximum Gasteiger partial charge on any atom is 0.306 e. The Balaban J connectivity index is 2.30. The van der Waals surface area contributed by atoms with Crippen LogP contribution in [0.4, 0.5) is 0 Å². The van der Waals surface area contributed by atoms with Crippen molar-refractivity contribution >= 4 is 56.8 Å². The van der Waals surface area contributed by atoms with E-state index in [4.69, 9.17) is 27.5 Å². The molecule has 0 bridgehead atoms. The number of Topliss-reactive ketones (excluding diaryl/α,β-unsaturated/α-hetero) is 1. The topological polar surface area (TPSA) is 252 Å². The number of unbranched alkanes of at least 4 members (excludes halogenated alkanes) is 1. The summed E-state index contributed by atoms with van der Waals surface area (Å²) in [6.45, 7) is 3.56. The molecule has 7 N–H and O–H groups in total. The minimum atomic E-state index is -3.90. The molecule has 0 fully saturated rings. The molecule has 0 saturated carbocycles. The number of carboxylic acids is 1. The molecule has 0 unspecified atom stereocenters.